The van der Waals surface area contributed by atoms with E-state index in [1.807, 2.05) is 25.1 Å². The van der Waals surface area contributed by atoms with Gasteiger partial charge in [-0.3, -0.25) is 9.78 Å². The highest BCUT2D eigenvalue weighted by Crippen LogP contribution is 2.36. The number of rotatable bonds is 3. The number of amides is 1. The van der Waals surface area contributed by atoms with Crippen LogP contribution in [0.2, 0.25) is 0 Å². The van der Waals surface area contributed by atoms with Gasteiger partial charge in [0, 0.05) is 36.7 Å². The van der Waals surface area contributed by atoms with Crippen molar-refractivity contribution in [2.45, 2.75) is 6.92 Å². The van der Waals surface area contributed by atoms with Crippen molar-refractivity contribution >= 4 is 17.3 Å². The zero-order chi connectivity index (χ0) is 17.2. The number of benzene rings is 1. The van der Waals surface area contributed by atoms with Crippen molar-refractivity contribution in [2.24, 2.45) is 0 Å². The monoisotopic (exact) mass is 341 g/mol. The molecule has 1 fully saturated rings. The summed E-state index contributed by atoms with van der Waals surface area (Å²) in [6.07, 6.45) is 1.66. The predicted molar refractivity (Wildman–Crippen MR) is 92.5 cm³/mol. The molecule has 1 saturated heterocycles. The average molecular weight is 341 g/mol. The van der Waals surface area contributed by atoms with Crippen molar-refractivity contribution in [1.82, 2.24) is 4.98 Å². The molecule has 1 aromatic carbocycles. The van der Waals surface area contributed by atoms with Gasteiger partial charge >= 0.3 is 0 Å². The van der Waals surface area contributed by atoms with E-state index in [1.54, 1.807) is 12.3 Å². The van der Waals surface area contributed by atoms with E-state index in [1.165, 1.54) is 0 Å². The third kappa shape index (κ3) is 3.23. The number of morpholine rings is 1. The SMILES string of the molecule is Cc1cc2c(cc1NC(=O)c1cc(N3CCOCC3)ccn1)OCO2. The Bertz CT molecular complexity index is 803. The van der Waals surface area contributed by atoms with E-state index in [9.17, 15) is 4.79 Å². The van der Waals surface area contributed by atoms with Crippen molar-refractivity contribution in [3.05, 3.63) is 41.7 Å². The molecule has 7 heteroatoms. The number of nitrogens with one attached hydrogen (secondary N) is 1. The number of aromatic nitrogens is 1. The van der Waals surface area contributed by atoms with Gasteiger partial charge in [0.25, 0.3) is 5.91 Å². The van der Waals surface area contributed by atoms with Crippen LogP contribution in [0.4, 0.5) is 11.4 Å². The molecule has 0 unspecified atom stereocenters. The van der Waals surface area contributed by atoms with Crippen LogP contribution in [0.5, 0.6) is 11.5 Å². The molecular weight excluding hydrogens is 322 g/mol. The maximum atomic E-state index is 12.6. The fourth-order valence-electron chi connectivity index (χ4n) is 2.93. The summed E-state index contributed by atoms with van der Waals surface area (Å²) in [7, 11) is 0. The van der Waals surface area contributed by atoms with Gasteiger partial charge in [-0.1, -0.05) is 0 Å². The fraction of sp³-hybridized carbons (Fsp3) is 0.333. The number of anilines is 2. The van der Waals surface area contributed by atoms with Crippen LogP contribution in [0.25, 0.3) is 0 Å². The fourth-order valence-corrected chi connectivity index (χ4v) is 2.93. The molecule has 130 valence electrons. The predicted octanol–water partition coefficient (Wildman–Crippen LogP) is 2.21. The van der Waals surface area contributed by atoms with Gasteiger partial charge in [-0.25, -0.2) is 0 Å². The van der Waals surface area contributed by atoms with E-state index in [0.29, 0.717) is 36.1 Å². The first-order chi connectivity index (χ1) is 12.2. The van der Waals surface area contributed by atoms with E-state index in [-0.39, 0.29) is 12.7 Å². The molecule has 0 radical (unpaired) electrons. The third-order valence-electron chi connectivity index (χ3n) is 4.32. The summed E-state index contributed by atoms with van der Waals surface area (Å²) >= 11 is 0. The maximum absolute atomic E-state index is 12.6. The molecule has 1 N–H and O–H groups in total. The Labute approximate surface area is 145 Å². The van der Waals surface area contributed by atoms with Gasteiger partial charge in [0.15, 0.2) is 11.5 Å². The first-order valence-corrected chi connectivity index (χ1v) is 8.21. The summed E-state index contributed by atoms with van der Waals surface area (Å²) in [6.45, 7) is 5.13. The number of hydrogen-bond donors (Lipinski definition) is 1. The molecule has 1 amide bonds. The zero-order valence-corrected chi connectivity index (χ0v) is 13.9. The molecule has 0 saturated carbocycles. The van der Waals surface area contributed by atoms with Crippen LogP contribution in [0, 0.1) is 6.92 Å². The molecule has 0 spiro atoms. The smallest absolute Gasteiger partial charge is 0.274 e. The van der Waals surface area contributed by atoms with Crippen molar-refractivity contribution in [1.29, 1.82) is 0 Å². The molecule has 1 aromatic heterocycles. The second-order valence-electron chi connectivity index (χ2n) is 5.97. The van der Waals surface area contributed by atoms with Crippen LogP contribution in [0.3, 0.4) is 0 Å². The zero-order valence-electron chi connectivity index (χ0n) is 13.9. The lowest BCUT2D eigenvalue weighted by Gasteiger charge is -2.28. The molecule has 0 aliphatic carbocycles. The van der Waals surface area contributed by atoms with E-state index >= 15 is 0 Å². The Hall–Kier alpha value is -2.80. The Balaban J connectivity index is 1.53. The number of carbonyl (C=O) groups is 1. The number of nitrogens with zero attached hydrogens (tertiary/aromatic N) is 2. The van der Waals surface area contributed by atoms with Gasteiger partial charge in [-0.2, -0.15) is 0 Å². The number of ether oxygens (including phenoxy) is 3. The summed E-state index contributed by atoms with van der Waals surface area (Å²) in [5.74, 6) is 1.08. The lowest BCUT2D eigenvalue weighted by atomic mass is 10.1. The van der Waals surface area contributed by atoms with Crippen molar-refractivity contribution in [3.8, 4) is 11.5 Å². The van der Waals surface area contributed by atoms with Gasteiger partial charge in [-0.05, 0) is 30.7 Å². The van der Waals surface area contributed by atoms with Crippen LogP contribution in [-0.4, -0.2) is 44.0 Å². The summed E-state index contributed by atoms with van der Waals surface area (Å²) < 4.78 is 16.1. The Morgan fingerprint density at radius 2 is 1.92 bits per heavy atom. The molecule has 0 bridgehead atoms. The summed E-state index contributed by atoms with van der Waals surface area (Å²) in [5, 5.41) is 2.91. The van der Waals surface area contributed by atoms with Gasteiger partial charge < -0.3 is 24.4 Å². The normalized spacial score (nSPS) is 16.0. The largest absolute Gasteiger partial charge is 0.454 e. The summed E-state index contributed by atoms with van der Waals surface area (Å²) in [4.78, 5) is 19.0. The minimum atomic E-state index is -0.253. The quantitative estimate of drug-likeness (QED) is 0.923. The average Bonchev–Trinajstić information content (AvgIpc) is 3.10. The maximum Gasteiger partial charge on any atom is 0.274 e. The van der Waals surface area contributed by atoms with Crippen molar-refractivity contribution in [3.63, 3.8) is 0 Å². The second-order valence-corrected chi connectivity index (χ2v) is 5.97. The van der Waals surface area contributed by atoms with Gasteiger partial charge in [0.1, 0.15) is 5.69 Å². The molecule has 2 aromatic rings. The topological polar surface area (TPSA) is 72.9 Å². The Morgan fingerprint density at radius 3 is 2.72 bits per heavy atom. The first-order valence-electron chi connectivity index (χ1n) is 8.21. The number of aryl methyl sites for hydroxylation is 1. The van der Waals surface area contributed by atoms with Crippen LogP contribution in [0.15, 0.2) is 30.5 Å². The van der Waals surface area contributed by atoms with E-state index in [2.05, 4.69) is 15.2 Å². The number of pyridine rings is 1. The van der Waals surface area contributed by atoms with Crippen molar-refractivity contribution in [2.75, 3.05) is 43.3 Å². The second kappa shape index (κ2) is 6.60. The molecule has 2 aliphatic heterocycles. The molecule has 25 heavy (non-hydrogen) atoms. The highest BCUT2D eigenvalue weighted by Gasteiger charge is 2.18. The molecule has 4 rings (SSSR count). The van der Waals surface area contributed by atoms with E-state index in [4.69, 9.17) is 14.2 Å². The highest BCUT2D eigenvalue weighted by atomic mass is 16.7. The minimum Gasteiger partial charge on any atom is -0.454 e. The van der Waals surface area contributed by atoms with Gasteiger partial charge in [-0.15, -0.1) is 0 Å². The Morgan fingerprint density at radius 1 is 1.16 bits per heavy atom. The highest BCUT2D eigenvalue weighted by molar-refractivity contribution is 6.04. The molecule has 0 atom stereocenters. The van der Waals surface area contributed by atoms with Crippen molar-refractivity contribution < 1.29 is 19.0 Å². The number of fused-ring (bicyclic) bond motifs is 1. The Kier molecular flexibility index (Phi) is 4.15. The minimum absolute atomic E-state index is 0.204. The number of carbonyl (C=O) groups excluding carboxylic acids is 1. The van der Waals surface area contributed by atoms with Gasteiger partial charge in [0.2, 0.25) is 6.79 Å². The van der Waals surface area contributed by atoms with Gasteiger partial charge in [0.05, 0.1) is 13.2 Å². The molecule has 7 nitrogen and oxygen atoms in total. The van der Waals surface area contributed by atoms with E-state index < -0.39 is 0 Å². The standard InChI is InChI=1S/C18H19N3O4/c1-12-8-16-17(25-11-24-16)10-14(12)20-18(22)15-9-13(2-3-19-15)21-4-6-23-7-5-21/h2-3,8-10H,4-7,11H2,1H3,(H,20,22). The first kappa shape index (κ1) is 15.7. The summed E-state index contributed by atoms with van der Waals surface area (Å²) in [5.41, 5.74) is 2.95. The van der Waals surface area contributed by atoms with Crippen LogP contribution in [-0.2, 0) is 4.74 Å². The molecular formula is C18H19N3O4. The molecule has 2 aliphatic rings. The number of hydrogen-bond acceptors (Lipinski definition) is 6. The van der Waals surface area contributed by atoms with Crippen LogP contribution in [0.1, 0.15) is 16.1 Å². The lowest BCUT2D eigenvalue weighted by Crippen LogP contribution is -2.36. The molecule has 3 heterocycles. The van der Waals surface area contributed by atoms with Crippen LogP contribution >= 0.6 is 0 Å². The summed E-state index contributed by atoms with van der Waals surface area (Å²) in [6, 6.07) is 7.35. The lowest BCUT2D eigenvalue weighted by molar-refractivity contribution is 0.102. The van der Waals surface area contributed by atoms with E-state index in [0.717, 1.165) is 24.3 Å². The third-order valence-corrected chi connectivity index (χ3v) is 4.32. The van der Waals surface area contributed by atoms with Crippen LogP contribution < -0.4 is 19.7 Å².